The number of hydrogen-bond acceptors (Lipinski definition) is 4. The molecule has 0 saturated heterocycles. The molecule has 0 aromatic carbocycles. The first-order valence-corrected chi connectivity index (χ1v) is 8.72. The van der Waals surface area contributed by atoms with E-state index in [2.05, 4.69) is 0 Å². The van der Waals surface area contributed by atoms with E-state index >= 15 is 0 Å². The van der Waals surface area contributed by atoms with Crippen LogP contribution in [-0.2, 0) is 19.1 Å². The first-order valence-electron chi connectivity index (χ1n) is 8.72. The van der Waals surface area contributed by atoms with Gasteiger partial charge in [0.25, 0.3) is 0 Å². The van der Waals surface area contributed by atoms with Crippen molar-refractivity contribution in [1.82, 2.24) is 0 Å². The van der Waals surface area contributed by atoms with E-state index in [0.717, 1.165) is 0 Å². The second-order valence-electron chi connectivity index (χ2n) is 8.55. The Morgan fingerprint density at radius 1 is 1.13 bits per heavy atom. The summed E-state index contributed by atoms with van der Waals surface area (Å²) >= 11 is 0. The molecule has 0 radical (unpaired) electrons. The summed E-state index contributed by atoms with van der Waals surface area (Å²) in [6, 6.07) is 0. The van der Waals surface area contributed by atoms with Crippen molar-refractivity contribution in [2.75, 3.05) is 0 Å². The number of Topliss-reactive ketones (excluding diaryl/α,β-unsaturated/α-hetero) is 2. The summed E-state index contributed by atoms with van der Waals surface area (Å²) < 4.78 is 5.75. The summed E-state index contributed by atoms with van der Waals surface area (Å²) in [7, 11) is 0. The van der Waals surface area contributed by atoms with Crippen LogP contribution in [0.1, 0.15) is 34.1 Å². The van der Waals surface area contributed by atoms with E-state index in [4.69, 9.17) is 4.74 Å². The molecule has 0 aromatic rings. The minimum atomic E-state index is -0.536. The zero-order chi connectivity index (χ0) is 16.7. The fourth-order valence-electron chi connectivity index (χ4n) is 5.23. The zero-order valence-corrected chi connectivity index (χ0v) is 14.1. The molecule has 4 nitrogen and oxygen atoms in total. The van der Waals surface area contributed by atoms with Crippen molar-refractivity contribution in [3.63, 3.8) is 0 Å². The number of ether oxygens (including phenoxy) is 1. The molecule has 0 spiro atoms. The molecule has 7 unspecified atom stereocenters. The van der Waals surface area contributed by atoms with Gasteiger partial charge >= 0.3 is 5.97 Å². The lowest BCUT2D eigenvalue weighted by Gasteiger charge is -2.36. The Kier molecular flexibility index (Phi) is 2.99. The van der Waals surface area contributed by atoms with Gasteiger partial charge in [-0.2, -0.15) is 0 Å². The first-order chi connectivity index (χ1) is 10.7. The molecule has 0 aliphatic heterocycles. The van der Waals surface area contributed by atoms with Crippen LogP contribution in [0.3, 0.4) is 0 Å². The highest BCUT2D eigenvalue weighted by atomic mass is 16.6. The van der Waals surface area contributed by atoms with Crippen LogP contribution in [0.25, 0.3) is 0 Å². The summed E-state index contributed by atoms with van der Waals surface area (Å²) in [5, 5.41) is 0. The Bertz CT molecular complexity index is 629. The largest absolute Gasteiger partial charge is 0.459 e. The van der Waals surface area contributed by atoms with Crippen molar-refractivity contribution < 1.29 is 19.1 Å². The summed E-state index contributed by atoms with van der Waals surface area (Å²) in [4.78, 5) is 37.7. The number of hydrogen-bond donors (Lipinski definition) is 0. The molecule has 3 fully saturated rings. The summed E-state index contributed by atoms with van der Waals surface area (Å²) in [5.41, 5.74) is -0.536. The fraction of sp³-hybridized carbons (Fsp3) is 0.737. The van der Waals surface area contributed by atoms with Gasteiger partial charge in [0.2, 0.25) is 0 Å². The molecule has 0 amide bonds. The van der Waals surface area contributed by atoms with Gasteiger partial charge in [0.1, 0.15) is 17.2 Å². The molecule has 0 heterocycles. The number of ketones is 2. The van der Waals surface area contributed by atoms with Gasteiger partial charge in [-0.1, -0.05) is 26.0 Å². The quantitative estimate of drug-likeness (QED) is 0.456. The van der Waals surface area contributed by atoms with E-state index in [1.54, 1.807) is 0 Å². The van der Waals surface area contributed by atoms with Crippen LogP contribution in [0.2, 0.25) is 0 Å². The van der Waals surface area contributed by atoms with Crippen molar-refractivity contribution in [3.05, 3.63) is 12.2 Å². The molecule has 23 heavy (non-hydrogen) atoms. The standard InChI is InChI=1S/C19H24O4/c1-8(2)19(3,4)23-18(22)12-7-11-13-9-5-6-10(16(9)20)14(13)15(12)17(11)21/h5-6,8-15H,7H2,1-4H3. The Hall–Kier alpha value is -1.45. The topological polar surface area (TPSA) is 60.4 Å². The smallest absolute Gasteiger partial charge is 0.310 e. The maximum absolute atomic E-state index is 12.7. The lowest BCUT2D eigenvalue weighted by Crippen LogP contribution is -2.40. The highest BCUT2D eigenvalue weighted by Gasteiger charge is 2.69. The van der Waals surface area contributed by atoms with Crippen LogP contribution in [-0.4, -0.2) is 23.1 Å². The van der Waals surface area contributed by atoms with E-state index in [1.165, 1.54) is 0 Å². The minimum Gasteiger partial charge on any atom is -0.459 e. The van der Waals surface area contributed by atoms with Crippen molar-refractivity contribution in [2.45, 2.75) is 39.7 Å². The summed E-state index contributed by atoms with van der Waals surface area (Å²) in [6.07, 6.45) is 4.52. The number of carbonyl (C=O) groups excluding carboxylic acids is 3. The maximum atomic E-state index is 12.7. The van der Waals surface area contributed by atoms with E-state index < -0.39 is 5.60 Å². The monoisotopic (exact) mass is 316 g/mol. The number of fused-ring (bicyclic) bond motifs is 9. The Morgan fingerprint density at radius 2 is 1.74 bits per heavy atom. The lowest BCUT2D eigenvalue weighted by atomic mass is 9.69. The molecule has 4 bridgehead atoms. The second-order valence-corrected chi connectivity index (χ2v) is 8.55. The number of carbonyl (C=O) groups is 3. The van der Waals surface area contributed by atoms with Gasteiger partial charge in [0.05, 0.1) is 5.92 Å². The first kappa shape index (κ1) is 15.1. The average molecular weight is 316 g/mol. The van der Waals surface area contributed by atoms with E-state index in [1.807, 2.05) is 39.8 Å². The van der Waals surface area contributed by atoms with Gasteiger partial charge in [0, 0.05) is 23.7 Å². The number of rotatable bonds is 3. The predicted molar refractivity (Wildman–Crippen MR) is 83.2 cm³/mol. The number of esters is 1. The van der Waals surface area contributed by atoms with Gasteiger partial charge in [-0.15, -0.1) is 0 Å². The van der Waals surface area contributed by atoms with Gasteiger partial charge < -0.3 is 4.74 Å². The zero-order valence-electron chi connectivity index (χ0n) is 14.1. The minimum absolute atomic E-state index is 0.0449. The van der Waals surface area contributed by atoms with Crippen molar-refractivity contribution in [2.24, 2.45) is 47.3 Å². The molecule has 4 aliphatic rings. The molecule has 124 valence electrons. The Morgan fingerprint density at radius 3 is 2.35 bits per heavy atom. The normalized spacial score (nSPS) is 43.6. The Labute approximate surface area is 136 Å². The SMILES string of the molecule is CC(C)C(C)(C)OC(=O)C1CC2C(=O)C1C1C3C=CC(C3=O)C21. The van der Waals surface area contributed by atoms with Crippen LogP contribution in [0.5, 0.6) is 0 Å². The maximum Gasteiger partial charge on any atom is 0.310 e. The van der Waals surface area contributed by atoms with Gasteiger partial charge in [0.15, 0.2) is 0 Å². The molecule has 7 atom stereocenters. The van der Waals surface area contributed by atoms with Crippen LogP contribution in [0.15, 0.2) is 12.2 Å². The lowest BCUT2D eigenvalue weighted by molar-refractivity contribution is -0.169. The molecule has 4 rings (SSSR count). The van der Waals surface area contributed by atoms with Crippen molar-refractivity contribution in [3.8, 4) is 0 Å². The molecular weight excluding hydrogens is 292 g/mol. The van der Waals surface area contributed by atoms with Gasteiger partial charge in [-0.25, -0.2) is 0 Å². The van der Waals surface area contributed by atoms with Gasteiger partial charge in [-0.05, 0) is 38.0 Å². The highest BCUT2D eigenvalue weighted by molar-refractivity contribution is 6.01. The molecule has 0 N–H and O–H groups in total. The molecule has 4 heteroatoms. The van der Waals surface area contributed by atoms with E-state index in [-0.39, 0.29) is 64.9 Å². The fourth-order valence-corrected chi connectivity index (χ4v) is 5.23. The predicted octanol–water partition coefficient (Wildman–Crippen LogP) is 2.42. The van der Waals surface area contributed by atoms with Crippen LogP contribution >= 0.6 is 0 Å². The summed E-state index contributed by atoms with van der Waals surface area (Å²) in [5.74, 6) is -0.367. The third-order valence-corrected chi connectivity index (χ3v) is 7.03. The summed E-state index contributed by atoms with van der Waals surface area (Å²) in [6.45, 7) is 7.87. The van der Waals surface area contributed by atoms with Crippen molar-refractivity contribution >= 4 is 17.5 Å². The Balaban J connectivity index is 1.58. The third-order valence-electron chi connectivity index (χ3n) is 7.03. The van der Waals surface area contributed by atoms with E-state index in [0.29, 0.717) is 6.42 Å². The third kappa shape index (κ3) is 1.81. The molecular formula is C19H24O4. The number of allylic oxidation sites excluding steroid dienone is 2. The molecule has 4 aliphatic carbocycles. The van der Waals surface area contributed by atoms with Gasteiger partial charge in [-0.3, -0.25) is 14.4 Å². The van der Waals surface area contributed by atoms with Crippen LogP contribution in [0.4, 0.5) is 0 Å². The molecule has 3 saturated carbocycles. The average Bonchev–Trinajstić information content (AvgIpc) is 3.16. The van der Waals surface area contributed by atoms with E-state index in [9.17, 15) is 14.4 Å². The van der Waals surface area contributed by atoms with Crippen molar-refractivity contribution in [1.29, 1.82) is 0 Å². The van der Waals surface area contributed by atoms with Crippen LogP contribution < -0.4 is 0 Å². The molecule has 0 aromatic heterocycles. The highest BCUT2D eigenvalue weighted by Crippen LogP contribution is 2.64. The van der Waals surface area contributed by atoms with Crippen LogP contribution in [0, 0.1) is 47.3 Å². The second kappa shape index (κ2) is 4.55.